The number of aryl methyl sites for hydroxylation is 2. The number of hydrogen-bond acceptors (Lipinski definition) is 6. The maximum absolute atomic E-state index is 12.6. The van der Waals surface area contributed by atoms with Crippen LogP contribution in [0.4, 0.5) is 5.69 Å². The van der Waals surface area contributed by atoms with Crippen LogP contribution >= 0.6 is 11.3 Å². The van der Waals surface area contributed by atoms with Crippen LogP contribution in [0.2, 0.25) is 0 Å². The van der Waals surface area contributed by atoms with Crippen molar-refractivity contribution in [2.75, 3.05) is 0 Å². The first-order chi connectivity index (χ1) is 13.0. The molecule has 9 heteroatoms. The highest BCUT2D eigenvalue weighted by atomic mass is 32.1. The number of benzene rings is 1. The number of aromatic hydroxyl groups is 1. The number of amides is 1. The average Bonchev–Trinajstić information content (AvgIpc) is 3.12. The number of nitrogens with zero attached hydrogens (tertiary/aromatic N) is 4. The lowest BCUT2D eigenvalue weighted by Crippen LogP contribution is -2.23. The summed E-state index contributed by atoms with van der Waals surface area (Å²) < 4.78 is 1.22. The minimum atomic E-state index is -0.618. The maximum Gasteiger partial charge on any atom is 0.284 e. The second-order valence-electron chi connectivity index (χ2n) is 6.10. The molecule has 3 heterocycles. The molecule has 8 nitrogen and oxygen atoms in total. The highest BCUT2D eigenvalue weighted by molar-refractivity contribution is 7.18. The van der Waals surface area contributed by atoms with Crippen molar-refractivity contribution in [1.82, 2.24) is 14.5 Å². The molecular weight excluding hydrogens is 366 g/mol. The van der Waals surface area contributed by atoms with E-state index in [-0.39, 0.29) is 23.7 Å². The van der Waals surface area contributed by atoms with Gasteiger partial charge in [0.15, 0.2) is 5.69 Å². The van der Waals surface area contributed by atoms with Crippen LogP contribution in [0, 0.1) is 13.8 Å². The molecule has 3 aromatic heterocycles. The lowest BCUT2D eigenvalue weighted by Gasteiger charge is -2.01. The summed E-state index contributed by atoms with van der Waals surface area (Å²) in [5.41, 5.74) is 1.47. The number of rotatable bonds is 3. The van der Waals surface area contributed by atoms with Crippen molar-refractivity contribution in [3.8, 4) is 5.88 Å². The van der Waals surface area contributed by atoms with Gasteiger partial charge in [-0.2, -0.15) is 0 Å². The topological polar surface area (TPSA) is 113 Å². The predicted octanol–water partition coefficient (Wildman–Crippen LogP) is 3.57. The Hall–Kier alpha value is -3.33. The van der Waals surface area contributed by atoms with Gasteiger partial charge in [0, 0.05) is 10.3 Å². The first-order valence-electron chi connectivity index (χ1n) is 8.15. The van der Waals surface area contributed by atoms with Crippen LogP contribution in [-0.4, -0.2) is 25.5 Å². The summed E-state index contributed by atoms with van der Waals surface area (Å²) >= 11 is 1.45. The molecule has 27 heavy (non-hydrogen) atoms. The smallest absolute Gasteiger partial charge is 0.284 e. The Morgan fingerprint density at radius 1 is 1.33 bits per heavy atom. The number of aromatic nitrogens is 3. The molecule has 0 fully saturated rings. The van der Waals surface area contributed by atoms with Crippen LogP contribution in [0.3, 0.4) is 0 Å². The van der Waals surface area contributed by atoms with E-state index in [0.717, 1.165) is 10.4 Å². The summed E-state index contributed by atoms with van der Waals surface area (Å²) in [4.78, 5) is 33.5. The second-order valence-corrected chi connectivity index (χ2v) is 7.31. The molecule has 0 aliphatic carbocycles. The minimum absolute atomic E-state index is 0.169. The molecule has 4 aromatic rings. The Bertz CT molecular complexity index is 1280. The third kappa shape index (κ3) is 2.91. The Kier molecular flexibility index (Phi) is 4.08. The van der Waals surface area contributed by atoms with Gasteiger partial charge in [-0.05, 0) is 25.5 Å². The summed E-state index contributed by atoms with van der Waals surface area (Å²) in [6.07, 6.45) is 1.34. The van der Waals surface area contributed by atoms with Gasteiger partial charge >= 0.3 is 0 Å². The third-order valence-corrected chi connectivity index (χ3v) is 5.50. The van der Waals surface area contributed by atoms with Gasteiger partial charge in [-0.1, -0.05) is 18.2 Å². The maximum atomic E-state index is 12.6. The average molecular weight is 381 g/mol. The molecule has 0 radical (unpaired) electrons. The molecule has 0 bridgehead atoms. The minimum Gasteiger partial charge on any atom is -0.493 e. The lowest BCUT2D eigenvalue weighted by molar-refractivity contribution is -0.118. The molecular formula is C18H15N5O3S. The third-order valence-electron chi connectivity index (χ3n) is 4.38. The summed E-state index contributed by atoms with van der Waals surface area (Å²) in [6, 6.07) is 7.14. The van der Waals surface area contributed by atoms with Gasteiger partial charge in [0.05, 0.1) is 17.2 Å². The first kappa shape index (κ1) is 17.1. The number of nitrogens with one attached hydrogen (secondary N) is 1. The van der Waals surface area contributed by atoms with Crippen molar-refractivity contribution in [3.63, 3.8) is 0 Å². The number of hydrogen-bond donors (Lipinski definition) is 2. The second kappa shape index (κ2) is 6.44. The largest absolute Gasteiger partial charge is 0.493 e. The quantitative estimate of drug-likeness (QED) is 0.528. The monoisotopic (exact) mass is 381 g/mol. The SMILES string of the molecule is Cc1sc2ncn(CC(=O)N=Nc3c(O)[nH]c4ccccc34)c(=O)c2c1C. The van der Waals surface area contributed by atoms with E-state index in [1.165, 1.54) is 22.2 Å². The van der Waals surface area contributed by atoms with Crippen LogP contribution < -0.4 is 5.56 Å². The Morgan fingerprint density at radius 3 is 2.93 bits per heavy atom. The van der Waals surface area contributed by atoms with Crippen molar-refractivity contribution < 1.29 is 9.90 Å². The van der Waals surface area contributed by atoms with Crippen LogP contribution in [0.1, 0.15) is 10.4 Å². The number of azo groups is 1. The first-order valence-corrected chi connectivity index (χ1v) is 8.96. The molecule has 2 N–H and O–H groups in total. The van der Waals surface area contributed by atoms with E-state index in [4.69, 9.17) is 0 Å². The van der Waals surface area contributed by atoms with E-state index in [1.807, 2.05) is 19.9 Å². The van der Waals surface area contributed by atoms with Gasteiger partial charge in [-0.3, -0.25) is 14.2 Å². The van der Waals surface area contributed by atoms with Crippen LogP contribution in [-0.2, 0) is 11.3 Å². The summed E-state index contributed by atoms with van der Waals surface area (Å²) in [5, 5.41) is 18.6. The molecule has 0 saturated heterocycles. The van der Waals surface area contributed by atoms with Crippen molar-refractivity contribution >= 4 is 44.1 Å². The number of aromatic amines is 1. The zero-order chi connectivity index (χ0) is 19.1. The highest BCUT2D eigenvalue weighted by Crippen LogP contribution is 2.35. The van der Waals surface area contributed by atoms with E-state index in [1.54, 1.807) is 18.2 Å². The van der Waals surface area contributed by atoms with Gasteiger partial charge in [0.2, 0.25) is 5.88 Å². The number of thiophene rings is 1. The normalized spacial score (nSPS) is 11.8. The predicted molar refractivity (Wildman–Crippen MR) is 103 cm³/mol. The molecule has 1 aromatic carbocycles. The summed E-state index contributed by atoms with van der Waals surface area (Å²) in [6.45, 7) is 3.52. The number of H-pyrrole nitrogens is 1. The number of fused-ring (bicyclic) bond motifs is 2. The molecule has 4 rings (SSSR count). The Morgan fingerprint density at radius 2 is 2.11 bits per heavy atom. The molecule has 0 spiro atoms. The van der Waals surface area contributed by atoms with E-state index in [0.29, 0.717) is 21.1 Å². The standard InChI is InChI=1S/C18H15N5O3S/c1-9-10(2)27-17-14(9)18(26)23(8-19-17)7-13(24)21-22-15-11-5-3-4-6-12(11)20-16(15)25/h3-6,8,20,25H,7H2,1-2H3. The van der Waals surface area contributed by atoms with Crippen LogP contribution in [0.25, 0.3) is 21.1 Å². The van der Waals surface area contributed by atoms with Crippen molar-refractivity contribution in [1.29, 1.82) is 0 Å². The molecule has 0 unspecified atom stereocenters. The molecule has 0 aliphatic rings. The fourth-order valence-electron chi connectivity index (χ4n) is 2.88. The Labute approximate surface area is 156 Å². The number of carbonyl (C=O) groups excluding carboxylic acids is 1. The van der Waals surface area contributed by atoms with E-state index in [9.17, 15) is 14.7 Å². The molecule has 1 amide bonds. The van der Waals surface area contributed by atoms with Gasteiger partial charge in [-0.25, -0.2) is 4.98 Å². The fourth-order valence-corrected chi connectivity index (χ4v) is 3.87. The van der Waals surface area contributed by atoms with Crippen LogP contribution in [0.5, 0.6) is 5.88 Å². The Balaban J connectivity index is 1.63. The number of para-hydroxylation sites is 1. The van der Waals surface area contributed by atoms with E-state index in [2.05, 4.69) is 20.2 Å². The van der Waals surface area contributed by atoms with Crippen LogP contribution in [0.15, 0.2) is 45.6 Å². The van der Waals surface area contributed by atoms with Gasteiger partial charge < -0.3 is 10.1 Å². The molecule has 0 atom stereocenters. The molecule has 136 valence electrons. The zero-order valence-electron chi connectivity index (χ0n) is 14.6. The number of carbonyl (C=O) groups is 1. The van der Waals surface area contributed by atoms with Crippen molar-refractivity contribution in [2.24, 2.45) is 10.2 Å². The van der Waals surface area contributed by atoms with Gasteiger partial charge in [-0.15, -0.1) is 21.6 Å². The zero-order valence-corrected chi connectivity index (χ0v) is 15.4. The summed E-state index contributed by atoms with van der Waals surface area (Å²) in [5.74, 6) is -0.787. The van der Waals surface area contributed by atoms with Crippen molar-refractivity contribution in [3.05, 3.63) is 51.4 Å². The highest BCUT2D eigenvalue weighted by Gasteiger charge is 2.14. The summed E-state index contributed by atoms with van der Waals surface area (Å²) in [7, 11) is 0. The van der Waals surface area contributed by atoms with E-state index < -0.39 is 5.91 Å². The van der Waals surface area contributed by atoms with Crippen molar-refractivity contribution in [2.45, 2.75) is 20.4 Å². The fraction of sp³-hybridized carbons (Fsp3) is 0.167. The molecule has 0 saturated carbocycles. The van der Waals surface area contributed by atoms with Gasteiger partial charge in [0.1, 0.15) is 11.4 Å². The van der Waals surface area contributed by atoms with Gasteiger partial charge in [0.25, 0.3) is 11.5 Å². The lowest BCUT2D eigenvalue weighted by atomic mass is 10.2. The van der Waals surface area contributed by atoms with E-state index >= 15 is 0 Å². The molecule has 0 aliphatic heterocycles.